The zero-order valence-electron chi connectivity index (χ0n) is 18.3. The number of carbonyl (C=O) groups is 5. The van der Waals surface area contributed by atoms with Crippen molar-refractivity contribution in [3.63, 3.8) is 0 Å². The molecule has 0 spiro atoms. The first kappa shape index (κ1) is 29.2. The summed E-state index contributed by atoms with van der Waals surface area (Å²) in [5.41, 5.74) is 16.5. The van der Waals surface area contributed by atoms with Gasteiger partial charge in [-0.2, -0.15) is 0 Å². The molecule has 13 nitrogen and oxygen atoms in total. The number of rotatable bonds is 17. The van der Waals surface area contributed by atoms with E-state index in [9.17, 15) is 29.1 Å². The van der Waals surface area contributed by atoms with Crippen LogP contribution < -0.4 is 33.2 Å². The summed E-state index contributed by atoms with van der Waals surface area (Å²) in [6.07, 6.45) is 2.04. The number of nitrogens with one attached hydrogen (secondary N) is 3. The van der Waals surface area contributed by atoms with Gasteiger partial charge in [-0.15, -0.1) is 0 Å². The SMILES string of the molecule is CC(NC(=O)C(N)CCCCN)C(=O)NC(CC(=O)O)C(=O)NC(CCCCN)C(=O)O. The molecule has 32 heavy (non-hydrogen) atoms. The number of hydrogen-bond donors (Lipinski definition) is 8. The van der Waals surface area contributed by atoms with E-state index >= 15 is 0 Å². The zero-order chi connectivity index (χ0) is 24.7. The molecule has 3 amide bonds. The molecule has 0 rings (SSSR count). The van der Waals surface area contributed by atoms with E-state index in [-0.39, 0.29) is 6.42 Å². The van der Waals surface area contributed by atoms with Gasteiger partial charge in [0.05, 0.1) is 12.5 Å². The number of hydrogen-bond acceptors (Lipinski definition) is 8. The fraction of sp³-hybridized carbons (Fsp3) is 0.737. The summed E-state index contributed by atoms with van der Waals surface area (Å²) >= 11 is 0. The molecule has 0 aromatic heterocycles. The average molecular weight is 461 g/mol. The van der Waals surface area contributed by atoms with E-state index in [0.29, 0.717) is 45.2 Å². The monoisotopic (exact) mass is 460 g/mol. The van der Waals surface area contributed by atoms with Crippen molar-refractivity contribution in [2.75, 3.05) is 13.1 Å². The first-order valence-corrected chi connectivity index (χ1v) is 10.5. The van der Waals surface area contributed by atoms with Gasteiger partial charge in [0.15, 0.2) is 0 Å². The Hall–Kier alpha value is -2.77. The Labute approximate surface area is 186 Å². The molecule has 0 fully saturated rings. The summed E-state index contributed by atoms with van der Waals surface area (Å²) in [7, 11) is 0. The third-order valence-electron chi connectivity index (χ3n) is 4.63. The van der Waals surface area contributed by atoms with Crippen molar-refractivity contribution in [2.24, 2.45) is 17.2 Å². The molecule has 13 heteroatoms. The summed E-state index contributed by atoms with van der Waals surface area (Å²) in [4.78, 5) is 59.5. The Bertz CT molecular complexity index is 646. The number of carboxylic acids is 2. The Morgan fingerprint density at radius 2 is 1.28 bits per heavy atom. The quantitative estimate of drug-likeness (QED) is 0.107. The van der Waals surface area contributed by atoms with Crippen LogP contribution >= 0.6 is 0 Å². The molecule has 0 aliphatic heterocycles. The Morgan fingerprint density at radius 1 is 0.750 bits per heavy atom. The Balaban J connectivity index is 4.99. The third kappa shape index (κ3) is 12.2. The van der Waals surface area contributed by atoms with Crippen LogP contribution in [0.5, 0.6) is 0 Å². The smallest absolute Gasteiger partial charge is 0.326 e. The van der Waals surface area contributed by atoms with Gasteiger partial charge in [-0.1, -0.05) is 6.42 Å². The van der Waals surface area contributed by atoms with E-state index < -0.39 is 60.2 Å². The van der Waals surface area contributed by atoms with Crippen LogP contribution in [0.1, 0.15) is 51.9 Å². The van der Waals surface area contributed by atoms with E-state index in [0.717, 1.165) is 0 Å². The summed E-state index contributed by atoms with van der Waals surface area (Å²) in [5, 5.41) is 25.2. The molecule has 0 heterocycles. The van der Waals surface area contributed by atoms with Crippen molar-refractivity contribution < 1.29 is 34.2 Å². The van der Waals surface area contributed by atoms with Crippen molar-refractivity contribution in [2.45, 2.75) is 76.0 Å². The molecular weight excluding hydrogens is 424 g/mol. The topological polar surface area (TPSA) is 240 Å². The van der Waals surface area contributed by atoms with E-state index in [2.05, 4.69) is 16.0 Å². The summed E-state index contributed by atoms with van der Waals surface area (Å²) in [6, 6.07) is -4.74. The minimum absolute atomic E-state index is 0.0977. The fourth-order valence-corrected chi connectivity index (χ4v) is 2.73. The van der Waals surface area contributed by atoms with Gasteiger partial charge in [0.2, 0.25) is 17.7 Å². The number of carboxylic acid groups (broad SMARTS) is 2. The lowest BCUT2D eigenvalue weighted by Gasteiger charge is -2.23. The molecule has 4 atom stereocenters. The highest BCUT2D eigenvalue weighted by Crippen LogP contribution is 2.04. The van der Waals surface area contributed by atoms with Crippen molar-refractivity contribution in [1.82, 2.24) is 16.0 Å². The number of nitrogens with two attached hydrogens (primary N) is 3. The van der Waals surface area contributed by atoms with E-state index in [4.69, 9.17) is 22.3 Å². The molecule has 0 aromatic rings. The maximum Gasteiger partial charge on any atom is 0.326 e. The summed E-state index contributed by atoms with van der Waals surface area (Å²) in [5.74, 6) is -5.02. The van der Waals surface area contributed by atoms with Crippen LogP contribution in [0.3, 0.4) is 0 Å². The first-order chi connectivity index (χ1) is 15.0. The van der Waals surface area contributed by atoms with Gasteiger partial charge in [0, 0.05) is 0 Å². The minimum Gasteiger partial charge on any atom is -0.481 e. The lowest BCUT2D eigenvalue weighted by atomic mass is 10.1. The number of carbonyl (C=O) groups excluding carboxylic acids is 3. The van der Waals surface area contributed by atoms with Gasteiger partial charge in [0.1, 0.15) is 18.1 Å². The third-order valence-corrected chi connectivity index (χ3v) is 4.63. The van der Waals surface area contributed by atoms with Crippen LogP contribution in [-0.2, 0) is 24.0 Å². The fourth-order valence-electron chi connectivity index (χ4n) is 2.73. The predicted molar refractivity (Wildman–Crippen MR) is 115 cm³/mol. The molecule has 11 N–H and O–H groups in total. The van der Waals surface area contributed by atoms with Gasteiger partial charge >= 0.3 is 11.9 Å². The second-order valence-electron chi connectivity index (χ2n) is 7.46. The maximum atomic E-state index is 12.5. The molecular formula is C19H36N6O7. The minimum atomic E-state index is -1.53. The molecule has 0 radical (unpaired) electrons. The van der Waals surface area contributed by atoms with Crippen molar-refractivity contribution >= 4 is 29.7 Å². The predicted octanol–water partition coefficient (Wildman–Crippen LogP) is -2.39. The molecule has 184 valence electrons. The standard InChI is InChI=1S/C19H36N6O7/c1-11(23-17(29)12(22)6-2-4-8-20)16(28)25-14(10-15(26)27)18(30)24-13(19(31)32)7-3-5-9-21/h11-14H,2-10,20-22H2,1H3,(H,23,29)(H,24,30)(H,25,28)(H,26,27)(H,31,32). The number of unbranched alkanes of at least 4 members (excludes halogenated alkanes) is 2. The first-order valence-electron chi connectivity index (χ1n) is 10.5. The van der Waals surface area contributed by atoms with Crippen LogP contribution in [0.25, 0.3) is 0 Å². The van der Waals surface area contributed by atoms with E-state index in [1.165, 1.54) is 6.92 Å². The van der Waals surface area contributed by atoms with Gasteiger partial charge in [-0.05, 0) is 52.1 Å². The molecule has 0 aromatic carbocycles. The molecule has 0 bridgehead atoms. The normalized spacial score (nSPS) is 14.5. The highest BCUT2D eigenvalue weighted by Gasteiger charge is 2.30. The highest BCUT2D eigenvalue weighted by atomic mass is 16.4. The summed E-state index contributed by atoms with van der Waals surface area (Å²) in [6.45, 7) is 2.18. The summed E-state index contributed by atoms with van der Waals surface area (Å²) < 4.78 is 0. The van der Waals surface area contributed by atoms with Crippen LogP contribution in [0.15, 0.2) is 0 Å². The van der Waals surface area contributed by atoms with Crippen LogP contribution in [0, 0.1) is 0 Å². The zero-order valence-corrected chi connectivity index (χ0v) is 18.3. The van der Waals surface area contributed by atoms with Crippen molar-refractivity contribution in [1.29, 1.82) is 0 Å². The average Bonchev–Trinajstić information content (AvgIpc) is 2.71. The number of aliphatic carboxylic acids is 2. The van der Waals surface area contributed by atoms with Gasteiger partial charge in [-0.25, -0.2) is 4.79 Å². The highest BCUT2D eigenvalue weighted by molar-refractivity contribution is 5.95. The van der Waals surface area contributed by atoms with Crippen LogP contribution in [-0.4, -0.2) is 77.1 Å². The van der Waals surface area contributed by atoms with Crippen molar-refractivity contribution in [3.8, 4) is 0 Å². The lowest BCUT2D eigenvalue weighted by molar-refractivity contribution is -0.143. The largest absolute Gasteiger partial charge is 0.481 e. The van der Waals surface area contributed by atoms with Gasteiger partial charge in [0.25, 0.3) is 0 Å². The second-order valence-corrected chi connectivity index (χ2v) is 7.46. The van der Waals surface area contributed by atoms with Gasteiger partial charge in [-0.3, -0.25) is 19.2 Å². The van der Waals surface area contributed by atoms with Crippen molar-refractivity contribution in [3.05, 3.63) is 0 Å². The molecule has 0 aliphatic rings. The second kappa shape index (κ2) is 15.9. The Morgan fingerprint density at radius 3 is 1.78 bits per heavy atom. The van der Waals surface area contributed by atoms with E-state index in [1.54, 1.807) is 0 Å². The molecule has 0 aliphatic carbocycles. The maximum absolute atomic E-state index is 12.5. The molecule has 4 unspecified atom stereocenters. The Kier molecular flexibility index (Phi) is 14.6. The van der Waals surface area contributed by atoms with E-state index in [1.807, 2.05) is 0 Å². The number of amides is 3. The van der Waals surface area contributed by atoms with Crippen LogP contribution in [0.4, 0.5) is 0 Å². The van der Waals surface area contributed by atoms with Gasteiger partial charge < -0.3 is 43.4 Å². The van der Waals surface area contributed by atoms with Crippen LogP contribution in [0.2, 0.25) is 0 Å². The molecule has 0 saturated heterocycles. The lowest BCUT2D eigenvalue weighted by Crippen LogP contribution is -2.56. The molecule has 0 saturated carbocycles.